The first kappa shape index (κ1) is 19.5. The minimum absolute atomic E-state index is 0.0524. The van der Waals surface area contributed by atoms with Crippen LogP contribution in [0.5, 0.6) is 5.75 Å². The summed E-state index contributed by atoms with van der Waals surface area (Å²) in [7, 11) is 0.517. The molecule has 0 radical (unpaired) electrons. The molecule has 2 atom stereocenters. The Labute approximate surface area is 149 Å². The van der Waals surface area contributed by atoms with Gasteiger partial charge in [-0.2, -0.15) is 0 Å². The number of allylic oxidation sites excluding steroid dienone is 2. The number of ether oxygens (including phenoxy) is 2. The van der Waals surface area contributed by atoms with Gasteiger partial charge < -0.3 is 9.47 Å². The lowest BCUT2D eigenvalue weighted by molar-refractivity contribution is 0.0395. The third-order valence-corrected chi connectivity index (χ3v) is 6.34. The topological polar surface area (TPSA) is 72.9 Å². The maximum atomic E-state index is 12.4. The number of rotatable bonds is 6. The monoisotopic (exact) mass is 367 g/mol. The number of methoxy groups -OCH3 is 1. The van der Waals surface area contributed by atoms with E-state index in [-0.39, 0.29) is 22.1 Å². The van der Waals surface area contributed by atoms with Crippen molar-refractivity contribution >= 4 is 16.0 Å². The molecule has 1 aromatic rings. The van der Waals surface area contributed by atoms with Gasteiger partial charge in [-0.05, 0) is 42.9 Å². The van der Waals surface area contributed by atoms with Gasteiger partial charge in [0.2, 0.25) is 10.0 Å². The minimum atomic E-state index is -3.73. The van der Waals surface area contributed by atoms with E-state index in [0.717, 1.165) is 17.1 Å². The number of nitrogens with zero attached hydrogens (tertiary/aromatic N) is 1. The number of hydrogen-bond acceptors (Lipinski definition) is 5. The first-order valence-corrected chi connectivity index (χ1v) is 9.64. The van der Waals surface area contributed by atoms with E-state index in [1.165, 1.54) is 39.4 Å². The average Bonchev–Trinajstić information content (AvgIpc) is 2.60. The van der Waals surface area contributed by atoms with Crippen LogP contribution in [0.25, 0.3) is 0 Å². The van der Waals surface area contributed by atoms with Gasteiger partial charge in [0.1, 0.15) is 10.6 Å². The van der Waals surface area contributed by atoms with Gasteiger partial charge in [-0.25, -0.2) is 17.5 Å². The van der Waals surface area contributed by atoms with E-state index >= 15 is 0 Å². The Morgan fingerprint density at radius 2 is 1.92 bits per heavy atom. The van der Waals surface area contributed by atoms with Gasteiger partial charge in [0.05, 0.1) is 19.3 Å². The van der Waals surface area contributed by atoms with E-state index in [2.05, 4.69) is 19.1 Å². The van der Waals surface area contributed by atoms with Crippen molar-refractivity contribution in [3.05, 3.63) is 35.9 Å². The van der Waals surface area contributed by atoms with Crippen molar-refractivity contribution in [2.24, 2.45) is 11.8 Å². The molecule has 0 heterocycles. The summed E-state index contributed by atoms with van der Waals surface area (Å²) < 4.78 is 36.5. The van der Waals surface area contributed by atoms with Crippen LogP contribution in [0.4, 0.5) is 0 Å². The van der Waals surface area contributed by atoms with E-state index < -0.39 is 16.0 Å². The van der Waals surface area contributed by atoms with Crippen LogP contribution in [0.3, 0.4) is 0 Å². The summed E-state index contributed by atoms with van der Waals surface area (Å²) in [5, 5.41) is 0. The van der Waals surface area contributed by atoms with E-state index in [1.54, 1.807) is 0 Å². The Bertz CT molecular complexity index is 755. The lowest BCUT2D eigenvalue weighted by Crippen LogP contribution is -2.24. The molecule has 0 N–H and O–H groups in total. The van der Waals surface area contributed by atoms with Crippen LogP contribution in [0.15, 0.2) is 35.2 Å². The van der Waals surface area contributed by atoms with E-state index in [1.807, 2.05) is 0 Å². The number of hydrogen-bond donors (Lipinski definition) is 0. The summed E-state index contributed by atoms with van der Waals surface area (Å²) in [6, 6.07) is 4.29. The fraction of sp³-hybridized carbons (Fsp3) is 0.500. The molecular formula is C18H25NO5S. The second-order valence-corrected chi connectivity index (χ2v) is 8.55. The molecule has 1 aromatic carbocycles. The van der Waals surface area contributed by atoms with Crippen LogP contribution in [0.2, 0.25) is 0 Å². The molecule has 0 aliphatic heterocycles. The largest absolute Gasteiger partial charge is 0.495 e. The molecular weight excluding hydrogens is 342 g/mol. The average molecular weight is 367 g/mol. The Balaban J connectivity index is 2.19. The summed E-state index contributed by atoms with van der Waals surface area (Å²) in [5.41, 5.74) is 0.195. The molecule has 0 saturated heterocycles. The van der Waals surface area contributed by atoms with Crippen LogP contribution < -0.4 is 4.74 Å². The van der Waals surface area contributed by atoms with Crippen molar-refractivity contribution < 1.29 is 22.7 Å². The predicted molar refractivity (Wildman–Crippen MR) is 95.2 cm³/mol. The molecule has 0 saturated carbocycles. The van der Waals surface area contributed by atoms with Gasteiger partial charge in [-0.15, -0.1) is 0 Å². The van der Waals surface area contributed by atoms with Gasteiger partial charge >= 0.3 is 5.97 Å². The molecule has 7 heteroatoms. The highest BCUT2D eigenvalue weighted by Crippen LogP contribution is 2.28. The maximum absolute atomic E-state index is 12.4. The Hall–Kier alpha value is -1.86. The van der Waals surface area contributed by atoms with Crippen molar-refractivity contribution in [3.63, 3.8) is 0 Å². The maximum Gasteiger partial charge on any atom is 0.338 e. The molecule has 2 rings (SSSR count). The summed E-state index contributed by atoms with van der Waals surface area (Å²) >= 11 is 0. The van der Waals surface area contributed by atoms with Crippen LogP contribution in [-0.2, 0) is 14.8 Å². The van der Waals surface area contributed by atoms with Gasteiger partial charge in [-0.1, -0.05) is 19.1 Å². The Kier molecular flexibility index (Phi) is 6.24. The molecule has 25 heavy (non-hydrogen) atoms. The summed E-state index contributed by atoms with van der Waals surface area (Å²) in [6.45, 7) is 2.46. The lowest BCUT2D eigenvalue weighted by Gasteiger charge is -2.24. The summed E-state index contributed by atoms with van der Waals surface area (Å²) in [6.07, 6.45) is 6.12. The Morgan fingerprint density at radius 3 is 2.52 bits per heavy atom. The highest BCUT2D eigenvalue weighted by atomic mass is 32.2. The molecule has 0 aromatic heterocycles. The number of carbonyl (C=O) groups is 1. The third kappa shape index (κ3) is 4.41. The first-order valence-electron chi connectivity index (χ1n) is 8.20. The van der Waals surface area contributed by atoms with E-state index in [0.29, 0.717) is 12.5 Å². The van der Waals surface area contributed by atoms with Gasteiger partial charge in [0.15, 0.2) is 0 Å². The van der Waals surface area contributed by atoms with Crippen LogP contribution in [-0.4, -0.2) is 46.5 Å². The molecule has 0 amide bonds. The molecule has 0 unspecified atom stereocenters. The van der Waals surface area contributed by atoms with Crippen molar-refractivity contribution in [1.29, 1.82) is 0 Å². The van der Waals surface area contributed by atoms with Crippen molar-refractivity contribution in [1.82, 2.24) is 4.31 Å². The molecule has 1 aliphatic carbocycles. The number of carbonyl (C=O) groups excluding carboxylic acids is 1. The first-order chi connectivity index (χ1) is 11.8. The van der Waals surface area contributed by atoms with E-state index in [9.17, 15) is 13.2 Å². The normalized spacial score (nSPS) is 20.5. The quantitative estimate of drug-likeness (QED) is 0.571. The lowest BCUT2D eigenvalue weighted by atomic mass is 9.85. The molecule has 0 fully saturated rings. The van der Waals surface area contributed by atoms with Crippen LogP contribution in [0, 0.1) is 11.8 Å². The van der Waals surface area contributed by atoms with E-state index in [4.69, 9.17) is 9.47 Å². The molecule has 138 valence electrons. The highest BCUT2D eigenvalue weighted by molar-refractivity contribution is 7.89. The zero-order valence-electron chi connectivity index (χ0n) is 15.1. The van der Waals surface area contributed by atoms with Crippen LogP contribution >= 0.6 is 0 Å². The van der Waals surface area contributed by atoms with Crippen molar-refractivity contribution in [3.8, 4) is 5.75 Å². The Morgan fingerprint density at radius 1 is 1.24 bits per heavy atom. The van der Waals surface area contributed by atoms with Crippen molar-refractivity contribution in [2.75, 3.05) is 27.8 Å². The third-order valence-electron chi connectivity index (χ3n) is 4.50. The molecule has 0 bridgehead atoms. The molecule has 0 spiro atoms. The molecule has 1 aliphatic rings. The number of sulfonamides is 1. The predicted octanol–water partition coefficient (Wildman–Crippen LogP) is 2.70. The highest BCUT2D eigenvalue weighted by Gasteiger charge is 2.25. The zero-order valence-corrected chi connectivity index (χ0v) is 15.9. The van der Waals surface area contributed by atoms with Gasteiger partial charge in [-0.3, -0.25) is 0 Å². The smallest absolute Gasteiger partial charge is 0.338 e. The summed E-state index contributed by atoms with van der Waals surface area (Å²) in [4.78, 5) is 12.3. The minimum Gasteiger partial charge on any atom is -0.495 e. The second-order valence-electron chi connectivity index (χ2n) is 6.43. The number of benzene rings is 1. The zero-order chi connectivity index (χ0) is 18.6. The van der Waals surface area contributed by atoms with Crippen LogP contribution in [0.1, 0.15) is 30.1 Å². The second kappa shape index (κ2) is 8.01. The van der Waals surface area contributed by atoms with Gasteiger partial charge in [0, 0.05) is 14.1 Å². The standard InChI is InChI=1S/C18H25NO5S/c1-13-7-5-6-8-15(13)12-24-18(20)14-9-10-16(23-4)17(11-14)25(21,22)19(2)3/h5-6,9-11,13,15H,7-8,12H2,1-4H3/t13-,15+/m1/s1. The van der Waals surface area contributed by atoms with Gasteiger partial charge in [0.25, 0.3) is 0 Å². The summed E-state index contributed by atoms with van der Waals surface area (Å²) in [5.74, 6) is 0.409. The molecule has 6 nitrogen and oxygen atoms in total. The van der Waals surface area contributed by atoms with Crippen molar-refractivity contribution in [2.45, 2.75) is 24.7 Å². The number of esters is 1. The fourth-order valence-corrected chi connectivity index (χ4v) is 3.78. The SMILES string of the molecule is COc1ccc(C(=O)OC[C@@H]2CC=CC[C@H]2C)cc1S(=O)(=O)N(C)C. The fourth-order valence-electron chi connectivity index (χ4n) is 2.71.